The molecule has 70 valence electrons. The first-order valence-electron chi connectivity index (χ1n) is 4.29. The smallest absolute Gasteiger partial charge is 0.115 e. The summed E-state index contributed by atoms with van der Waals surface area (Å²) in [5.74, 6) is 0. The van der Waals surface area contributed by atoms with Crippen LogP contribution < -0.4 is 5.73 Å². The van der Waals surface area contributed by atoms with Crippen molar-refractivity contribution in [1.82, 2.24) is 9.97 Å². The normalized spacial score (nSPS) is 34.2. The fourth-order valence-corrected chi connectivity index (χ4v) is 1.50. The summed E-state index contributed by atoms with van der Waals surface area (Å²) in [6, 6.07) is -0.288. The van der Waals surface area contributed by atoms with Crippen LogP contribution in [0.4, 0.5) is 4.39 Å². The average molecular weight is 181 g/mol. The van der Waals surface area contributed by atoms with Crippen LogP contribution in [0.15, 0.2) is 18.7 Å². The lowest BCUT2D eigenvalue weighted by atomic mass is 9.94. The summed E-state index contributed by atoms with van der Waals surface area (Å²) in [6.45, 7) is 1.86. The van der Waals surface area contributed by atoms with Gasteiger partial charge < -0.3 is 5.73 Å². The van der Waals surface area contributed by atoms with E-state index in [1.165, 1.54) is 6.33 Å². The maximum Gasteiger partial charge on any atom is 0.115 e. The highest BCUT2D eigenvalue weighted by Gasteiger charge is 2.55. The molecule has 0 aromatic carbocycles. The second-order valence-corrected chi connectivity index (χ2v) is 3.83. The molecule has 0 amide bonds. The van der Waals surface area contributed by atoms with Crippen molar-refractivity contribution < 1.29 is 4.39 Å². The lowest BCUT2D eigenvalue weighted by Crippen LogP contribution is -2.22. The molecule has 0 spiro atoms. The molecule has 13 heavy (non-hydrogen) atoms. The van der Waals surface area contributed by atoms with Crippen LogP contribution >= 0.6 is 0 Å². The molecule has 1 saturated carbocycles. The number of nitrogens with zero attached hydrogens (tertiary/aromatic N) is 2. The molecule has 1 aliphatic carbocycles. The molecule has 3 atom stereocenters. The van der Waals surface area contributed by atoms with E-state index in [9.17, 15) is 4.39 Å². The first kappa shape index (κ1) is 8.56. The quantitative estimate of drug-likeness (QED) is 0.746. The summed E-state index contributed by atoms with van der Waals surface area (Å²) in [5, 5.41) is 0. The molecule has 1 aromatic heterocycles. The minimum absolute atomic E-state index is 0.288. The van der Waals surface area contributed by atoms with Crippen molar-refractivity contribution in [2.45, 2.75) is 25.6 Å². The highest BCUT2D eigenvalue weighted by Crippen LogP contribution is 2.55. The fraction of sp³-hybridized carbons (Fsp3) is 0.556. The van der Waals surface area contributed by atoms with E-state index in [4.69, 9.17) is 5.73 Å². The van der Waals surface area contributed by atoms with Crippen molar-refractivity contribution in [2.24, 2.45) is 11.1 Å². The Morgan fingerprint density at radius 2 is 2.15 bits per heavy atom. The van der Waals surface area contributed by atoms with Crippen LogP contribution in [0.25, 0.3) is 0 Å². The summed E-state index contributed by atoms with van der Waals surface area (Å²) in [5.41, 5.74) is 6.32. The SMILES string of the molecule is CC1(C(N)c2cncnc2)CC1F. The molecule has 3 unspecified atom stereocenters. The third-order valence-corrected chi connectivity index (χ3v) is 2.82. The molecule has 1 fully saturated rings. The van der Waals surface area contributed by atoms with Crippen molar-refractivity contribution >= 4 is 0 Å². The second-order valence-electron chi connectivity index (χ2n) is 3.83. The lowest BCUT2D eigenvalue weighted by Gasteiger charge is -2.17. The van der Waals surface area contributed by atoms with Crippen molar-refractivity contribution in [1.29, 1.82) is 0 Å². The van der Waals surface area contributed by atoms with E-state index in [0.29, 0.717) is 6.42 Å². The zero-order chi connectivity index (χ0) is 9.47. The molecule has 1 heterocycles. The standard InChI is InChI=1S/C9H12FN3/c1-9(2-7(9)10)8(11)6-3-12-5-13-4-6/h3-5,7-8H,2,11H2,1H3. The number of hydrogen-bond donors (Lipinski definition) is 1. The van der Waals surface area contributed by atoms with Gasteiger partial charge in [0, 0.05) is 29.4 Å². The zero-order valence-corrected chi connectivity index (χ0v) is 7.44. The van der Waals surface area contributed by atoms with Gasteiger partial charge >= 0.3 is 0 Å². The van der Waals surface area contributed by atoms with Crippen LogP contribution in [0, 0.1) is 5.41 Å². The largest absolute Gasteiger partial charge is 0.323 e. The third-order valence-electron chi connectivity index (χ3n) is 2.82. The minimum atomic E-state index is -0.775. The molecule has 4 heteroatoms. The van der Waals surface area contributed by atoms with Gasteiger partial charge in [-0.15, -0.1) is 0 Å². The van der Waals surface area contributed by atoms with Gasteiger partial charge in [0.15, 0.2) is 0 Å². The Balaban J connectivity index is 2.19. The average Bonchev–Trinajstić information content (AvgIpc) is 2.76. The maximum atomic E-state index is 13.0. The third kappa shape index (κ3) is 1.31. The van der Waals surface area contributed by atoms with Gasteiger partial charge in [-0.1, -0.05) is 6.92 Å². The van der Waals surface area contributed by atoms with E-state index < -0.39 is 11.6 Å². The van der Waals surface area contributed by atoms with Crippen molar-refractivity contribution in [3.05, 3.63) is 24.3 Å². The number of halogens is 1. The van der Waals surface area contributed by atoms with E-state index in [0.717, 1.165) is 5.56 Å². The minimum Gasteiger partial charge on any atom is -0.323 e. The molecule has 2 N–H and O–H groups in total. The van der Waals surface area contributed by atoms with Gasteiger partial charge in [-0.2, -0.15) is 0 Å². The number of alkyl halides is 1. The van der Waals surface area contributed by atoms with Crippen molar-refractivity contribution in [3.63, 3.8) is 0 Å². The fourth-order valence-electron chi connectivity index (χ4n) is 1.50. The van der Waals surface area contributed by atoms with Crippen LogP contribution in [0.3, 0.4) is 0 Å². The summed E-state index contributed by atoms with van der Waals surface area (Å²) in [6.07, 6.45) is 4.51. The predicted molar refractivity (Wildman–Crippen MR) is 46.6 cm³/mol. The van der Waals surface area contributed by atoms with Gasteiger partial charge in [-0.05, 0) is 6.42 Å². The summed E-state index contributed by atoms with van der Waals surface area (Å²) < 4.78 is 13.0. The summed E-state index contributed by atoms with van der Waals surface area (Å²) >= 11 is 0. The molecular formula is C9H12FN3. The summed E-state index contributed by atoms with van der Waals surface area (Å²) in [7, 11) is 0. The molecule has 0 radical (unpaired) electrons. The Bertz CT molecular complexity index is 303. The van der Waals surface area contributed by atoms with Gasteiger partial charge in [0.2, 0.25) is 0 Å². The Labute approximate surface area is 76.2 Å². The molecule has 0 saturated heterocycles. The Morgan fingerprint density at radius 3 is 2.62 bits per heavy atom. The number of aromatic nitrogens is 2. The van der Waals surface area contributed by atoms with E-state index in [2.05, 4.69) is 9.97 Å². The first-order chi connectivity index (χ1) is 6.14. The molecule has 2 rings (SSSR count). The molecule has 1 aliphatic rings. The molecular weight excluding hydrogens is 169 g/mol. The second kappa shape index (κ2) is 2.73. The van der Waals surface area contributed by atoms with Crippen LogP contribution in [-0.4, -0.2) is 16.1 Å². The van der Waals surface area contributed by atoms with Gasteiger partial charge in [0.05, 0.1) is 0 Å². The van der Waals surface area contributed by atoms with E-state index in [1.807, 2.05) is 6.92 Å². The van der Waals surface area contributed by atoms with Crippen molar-refractivity contribution in [3.8, 4) is 0 Å². The molecule has 3 nitrogen and oxygen atoms in total. The molecule has 0 aliphatic heterocycles. The predicted octanol–water partition coefficient (Wildman–Crippen LogP) is 1.22. The van der Waals surface area contributed by atoms with Gasteiger partial charge in [-0.25, -0.2) is 14.4 Å². The van der Waals surface area contributed by atoms with E-state index in [-0.39, 0.29) is 6.04 Å². The van der Waals surface area contributed by atoms with E-state index >= 15 is 0 Å². The van der Waals surface area contributed by atoms with Crippen LogP contribution in [-0.2, 0) is 0 Å². The Kier molecular flexibility index (Phi) is 1.80. The summed E-state index contributed by atoms with van der Waals surface area (Å²) in [4.78, 5) is 7.72. The molecule has 0 bridgehead atoms. The van der Waals surface area contributed by atoms with E-state index in [1.54, 1.807) is 12.4 Å². The Morgan fingerprint density at radius 1 is 1.62 bits per heavy atom. The lowest BCUT2D eigenvalue weighted by molar-refractivity contribution is 0.331. The monoisotopic (exact) mass is 181 g/mol. The first-order valence-corrected chi connectivity index (χ1v) is 4.29. The highest BCUT2D eigenvalue weighted by molar-refractivity contribution is 5.19. The van der Waals surface area contributed by atoms with Crippen LogP contribution in [0.5, 0.6) is 0 Å². The van der Waals surface area contributed by atoms with Crippen LogP contribution in [0.2, 0.25) is 0 Å². The topological polar surface area (TPSA) is 51.8 Å². The number of hydrogen-bond acceptors (Lipinski definition) is 3. The van der Waals surface area contributed by atoms with Gasteiger partial charge in [0.1, 0.15) is 12.5 Å². The van der Waals surface area contributed by atoms with Gasteiger partial charge in [-0.3, -0.25) is 0 Å². The Hall–Kier alpha value is -1.03. The van der Waals surface area contributed by atoms with Crippen molar-refractivity contribution in [2.75, 3.05) is 0 Å². The zero-order valence-electron chi connectivity index (χ0n) is 7.44. The maximum absolute atomic E-state index is 13.0. The highest BCUT2D eigenvalue weighted by atomic mass is 19.1. The van der Waals surface area contributed by atoms with Gasteiger partial charge in [0.25, 0.3) is 0 Å². The number of nitrogens with two attached hydrogens (primary N) is 1. The molecule has 1 aromatic rings. The number of rotatable bonds is 2. The van der Waals surface area contributed by atoms with Crippen LogP contribution in [0.1, 0.15) is 24.9 Å².